The minimum absolute atomic E-state index is 0.0902. The summed E-state index contributed by atoms with van der Waals surface area (Å²) >= 11 is 0. The van der Waals surface area contributed by atoms with Crippen molar-refractivity contribution in [3.05, 3.63) is 0 Å². The van der Waals surface area contributed by atoms with E-state index in [-0.39, 0.29) is 12.0 Å². The second-order valence-corrected chi connectivity index (χ2v) is 3.02. The maximum absolute atomic E-state index is 10.5. The molecule has 5 heteroatoms. The minimum Gasteiger partial charge on any atom is -0.370 e. The summed E-state index contributed by atoms with van der Waals surface area (Å²) in [6.45, 7) is 3.93. The molecule has 1 aliphatic heterocycles. The molecule has 5 nitrogen and oxygen atoms in total. The molecule has 0 aromatic carbocycles. The fraction of sp³-hybridized carbons (Fsp3) is 0.714. The minimum atomic E-state index is 0.0902. The topological polar surface area (TPSA) is 73.4 Å². The van der Waals surface area contributed by atoms with Crippen LogP contribution < -0.4 is 5.73 Å². The van der Waals surface area contributed by atoms with Crippen LogP contribution in [0.5, 0.6) is 0 Å². The van der Waals surface area contributed by atoms with E-state index in [1.165, 1.54) is 0 Å². The van der Waals surface area contributed by atoms with Crippen LogP contribution in [0.15, 0.2) is 0 Å². The third-order valence-corrected chi connectivity index (χ3v) is 2.15. The predicted octanol–water partition coefficient (Wildman–Crippen LogP) is -0.958. The monoisotopic (exact) mass is 170 g/mol. The van der Waals surface area contributed by atoms with E-state index in [0.717, 1.165) is 6.41 Å². The van der Waals surface area contributed by atoms with E-state index in [0.29, 0.717) is 19.6 Å². The Labute approximate surface area is 71.6 Å². The summed E-state index contributed by atoms with van der Waals surface area (Å²) in [5.41, 5.74) is 5.32. The molecule has 1 aliphatic rings. The number of piperazine rings is 1. The number of carbonyl (C=O) groups is 1. The van der Waals surface area contributed by atoms with Gasteiger partial charge in [0.15, 0.2) is 5.96 Å². The second kappa shape index (κ2) is 3.42. The van der Waals surface area contributed by atoms with Crippen LogP contribution in [0.25, 0.3) is 0 Å². The quantitative estimate of drug-likeness (QED) is 0.302. The molecule has 0 aromatic rings. The molecule has 0 spiro atoms. The zero-order valence-corrected chi connectivity index (χ0v) is 7.16. The highest BCUT2D eigenvalue weighted by Gasteiger charge is 2.22. The highest BCUT2D eigenvalue weighted by atomic mass is 16.1. The highest BCUT2D eigenvalue weighted by molar-refractivity contribution is 5.74. The van der Waals surface area contributed by atoms with Gasteiger partial charge in [0.05, 0.1) is 0 Å². The summed E-state index contributed by atoms with van der Waals surface area (Å²) in [6.07, 6.45) is 0.849. The molecule has 0 radical (unpaired) electrons. The van der Waals surface area contributed by atoms with E-state index >= 15 is 0 Å². The van der Waals surface area contributed by atoms with Gasteiger partial charge in [0.2, 0.25) is 6.41 Å². The summed E-state index contributed by atoms with van der Waals surface area (Å²) in [5, 5.41) is 7.20. The molecule has 68 valence electrons. The standard InChI is InChI=1S/C7H14N4O/c1-6-4-10(7(8)9)2-3-11(6)5-12/h5-6H,2-4H2,1H3,(H3,8,9). The Bertz CT molecular complexity index is 194. The van der Waals surface area contributed by atoms with Gasteiger partial charge in [0.1, 0.15) is 0 Å². The van der Waals surface area contributed by atoms with Crippen LogP contribution in [0.3, 0.4) is 0 Å². The van der Waals surface area contributed by atoms with Crippen molar-refractivity contribution in [3.63, 3.8) is 0 Å². The number of carbonyl (C=O) groups excluding carboxylic acids is 1. The molecule has 1 unspecified atom stereocenters. The number of hydrogen-bond acceptors (Lipinski definition) is 2. The lowest BCUT2D eigenvalue weighted by Crippen LogP contribution is -2.54. The average Bonchev–Trinajstić information content (AvgIpc) is 2.04. The third-order valence-electron chi connectivity index (χ3n) is 2.15. The van der Waals surface area contributed by atoms with Crippen molar-refractivity contribution in [2.45, 2.75) is 13.0 Å². The lowest BCUT2D eigenvalue weighted by atomic mass is 10.2. The van der Waals surface area contributed by atoms with Crippen LogP contribution in [-0.2, 0) is 4.79 Å². The van der Waals surface area contributed by atoms with E-state index in [1.54, 1.807) is 9.80 Å². The van der Waals surface area contributed by atoms with Crippen molar-refractivity contribution in [1.82, 2.24) is 9.80 Å². The molecule has 1 fully saturated rings. The van der Waals surface area contributed by atoms with Gasteiger partial charge in [-0.25, -0.2) is 0 Å². The lowest BCUT2D eigenvalue weighted by molar-refractivity contribution is -0.121. The van der Waals surface area contributed by atoms with Gasteiger partial charge < -0.3 is 15.5 Å². The summed E-state index contributed by atoms with van der Waals surface area (Å²) < 4.78 is 0. The van der Waals surface area contributed by atoms with Gasteiger partial charge >= 0.3 is 0 Å². The Morgan fingerprint density at radius 2 is 2.33 bits per heavy atom. The van der Waals surface area contributed by atoms with Crippen LogP contribution in [0.2, 0.25) is 0 Å². The van der Waals surface area contributed by atoms with Crippen LogP contribution in [0.4, 0.5) is 0 Å². The van der Waals surface area contributed by atoms with E-state index < -0.39 is 0 Å². The molecule has 0 aliphatic carbocycles. The molecule has 3 N–H and O–H groups in total. The van der Waals surface area contributed by atoms with Crippen LogP contribution >= 0.6 is 0 Å². The highest BCUT2D eigenvalue weighted by Crippen LogP contribution is 2.05. The summed E-state index contributed by atoms with van der Waals surface area (Å²) in [5.74, 6) is 0.0902. The molecule has 1 atom stereocenters. The molecule has 0 bridgehead atoms. The number of rotatable bonds is 1. The zero-order chi connectivity index (χ0) is 9.14. The number of guanidine groups is 1. The van der Waals surface area contributed by atoms with Gasteiger partial charge in [-0.1, -0.05) is 0 Å². The Morgan fingerprint density at radius 3 is 2.75 bits per heavy atom. The Morgan fingerprint density at radius 1 is 1.67 bits per heavy atom. The SMILES string of the molecule is CC1CN(C(=N)N)CCN1C=O. The van der Waals surface area contributed by atoms with Crippen molar-refractivity contribution in [2.24, 2.45) is 5.73 Å². The van der Waals surface area contributed by atoms with Crippen molar-refractivity contribution in [1.29, 1.82) is 5.41 Å². The first kappa shape index (κ1) is 8.83. The molecule has 0 aromatic heterocycles. The summed E-state index contributed by atoms with van der Waals surface area (Å²) in [7, 11) is 0. The fourth-order valence-corrected chi connectivity index (χ4v) is 1.35. The van der Waals surface area contributed by atoms with Gasteiger partial charge in [-0.05, 0) is 6.92 Å². The second-order valence-electron chi connectivity index (χ2n) is 3.02. The maximum atomic E-state index is 10.5. The Hall–Kier alpha value is -1.26. The van der Waals surface area contributed by atoms with Gasteiger partial charge in [-0.15, -0.1) is 0 Å². The normalized spacial score (nSPS) is 23.9. The van der Waals surface area contributed by atoms with E-state index in [4.69, 9.17) is 11.1 Å². The predicted molar refractivity (Wildman–Crippen MR) is 45.7 cm³/mol. The molecule has 1 saturated heterocycles. The molecular formula is C7H14N4O. The van der Waals surface area contributed by atoms with Crippen LogP contribution in [-0.4, -0.2) is 47.8 Å². The number of nitrogens with one attached hydrogen (secondary N) is 1. The Kier molecular flexibility index (Phi) is 2.52. The molecule has 0 saturated carbocycles. The number of nitrogens with zero attached hydrogens (tertiary/aromatic N) is 2. The number of hydrogen-bond donors (Lipinski definition) is 2. The van der Waals surface area contributed by atoms with Crippen LogP contribution in [0, 0.1) is 5.41 Å². The van der Waals surface area contributed by atoms with Crippen molar-refractivity contribution < 1.29 is 4.79 Å². The zero-order valence-electron chi connectivity index (χ0n) is 7.16. The summed E-state index contributed by atoms with van der Waals surface area (Å²) in [6, 6.07) is 0.153. The molecule has 1 amide bonds. The average molecular weight is 170 g/mol. The lowest BCUT2D eigenvalue weighted by Gasteiger charge is -2.37. The maximum Gasteiger partial charge on any atom is 0.210 e. The van der Waals surface area contributed by atoms with Gasteiger partial charge in [-0.3, -0.25) is 10.2 Å². The number of amides is 1. The number of nitrogens with two attached hydrogens (primary N) is 1. The molecule has 1 rings (SSSR count). The Balaban J connectivity index is 2.51. The van der Waals surface area contributed by atoms with E-state index in [9.17, 15) is 4.79 Å². The first-order valence-corrected chi connectivity index (χ1v) is 3.95. The van der Waals surface area contributed by atoms with Crippen molar-refractivity contribution >= 4 is 12.4 Å². The van der Waals surface area contributed by atoms with E-state index in [1.807, 2.05) is 6.92 Å². The largest absolute Gasteiger partial charge is 0.370 e. The molecule has 1 heterocycles. The summed E-state index contributed by atoms with van der Waals surface area (Å²) in [4.78, 5) is 14.0. The first-order chi connectivity index (χ1) is 5.65. The smallest absolute Gasteiger partial charge is 0.210 e. The van der Waals surface area contributed by atoms with Crippen molar-refractivity contribution in [3.8, 4) is 0 Å². The van der Waals surface area contributed by atoms with Gasteiger partial charge in [0, 0.05) is 25.7 Å². The van der Waals surface area contributed by atoms with Crippen LogP contribution in [0.1, 0.15) is 6.92 Å². The molecular weight excluding hydrogens is 156 g/mol. The first-order valence-electron chi connectivity index (χ1n) is 3.95. The van der Waals surface area contributed by atoms with Gasteiger partial charge in [0.25, 0.3) is 0 Å². The van der Waals surface area contributed by atoms with Crippen molar-refractivity contribution in [2.75, 3.05) is 19.6 Å². The molecule has 12 heavy (non-hydrogen) atoms. The fourth-order valence-electron chi connectivity index (χ4n) is 1.35. The third kappa shape index (κ3) is 1.66. The van der Waals surface area contributed by atoms with Gasteiger partial charge in [-0.2, -0.15) is 0 Å². The van der Waals surface area contributed by atoms with E-state index in [2.05, 4.69) is 0 Å².